The molecule has 2 aromatic carbocycles. The normalized spacial score (nSPS) is 15.5. The van der Waals surface area contributed by atoms with E-state index in [1.165, 1.54) is 4.68 Å². The molecule has 9 nitrogen and oxygen atoms in total. The van der Waals surface area contributed by atoms with Crippen molar-refractivity contribution in [1.29, 1.82) is 0 Å². The summed E-state index contributed by atoms with van der Waals surface area (Å²) in [5.41, 5.74) is 10.4. The first-order valence-electron chi connectivity index (χ1n) is 13.2. The topological polar surface area (TPSA) is 108 Å². The number of fused-ring (bicyclic) bond motifs is 2. The minimum atomic E-state index is -0.244. The Morgan fingerprint density at radius 2 is 1.85 bits per heavy atom. The number of aryl methyl sites for hydroxylation is 1. The second kappa shape index (κ2) is 10.3. The SMILES string of the molecule is CC#CCn1c(N2CCC[C@@H](N)C2)nc2c(C)nn(Cc3nc(-c4ccccc4)c4ccccc4n3)c(=O)c21. The second-order valence-electron chi connectivity index (χ2n) is 9.89. The zero-order valence-corrected chi connectivity index (χ0v) is 22.1. The Morgan fingerprint density at radius 1 is 1.05 bits per heavy atom. The van der Waals surface area contributed by atoms with Gasteiger partial charge in [-0.15, -0.1) is 5.92 Å². The van der Waals surface area contributed by atoms with E-state index in [2.05, 4.69) is 21.8 Å². The Labute approximate surface area is 226 Å². The summed E-state index contributed by atoms with van der Waals surface area (Å²) in [5, 5.41) is 5.60. The van der Waals surface area contributed by atoms with Gasteiger partial charge in [-0.1, -0.05) is 54.5 Å². The molecule has 2 N–H and O–H groups in total. The van der Waals surface area contributed by atoms with Gasteiger partial charge in [-0.3, -0.25) is 9.36 Å². The molecule has 6 rings (SSSR count). The van der Waals surface area contributed by atoms with Gasteiger partial charge in [0.15, 0.2) is 5.82 Å². The summed E-state index contributed by atoms with van der Waals surface area (Å²) in [5.74, 6) is 7.30. The molecule has 39 heavy (non-hydrogen) atoms. The first-order valence-corrected chi connectivity index (χ1v) is 13.2. The first kappa shape index (κ1) is 24.8. The maximum absolute atomic E-state index is 13.9. The van der Waals surface area contributed by atoms with E-state index in [1.54, 1.807) is 6.92 Å². The maximum atomic E-state index is 13.9. The lowest BCUT2D eigenvalue weighted by molar-refractivity contribution is 0.496. The van der Waals surface area contributed by atoms with Gasteiger partial charge in [0.2, 0.25) is 5.95 Å². The van der Waals surface area contributed by atoms with Gasteiger partial charge in [-0.25, -0.2) is 19.6 Å². The molecule has 1 aliphatic heterocycles. The Kier molecular flexibility index (Phi) is 6.55. The van der Waals surface area contributed by atoms with Crippen LogP contribution in [-0.4, -0.2) is 48.4 Å². The van der Waals surface area contributed by atoms with Crippen molar-refractivity contribution >= 4 is 27.9 Å². The summed E-state index contributed by atoms with van der Waals surface area (Å²) in [6.45, 7) is 5.69. The van der Waals surface area contributed by atoms with Crippen LogP contribution in [0.15, 0.2) is 59.4 Å². The maximum Gasteiger partial charge on any atom is 0.293 e. The number of nitrogens with zero attached hydrogens (tertiary/aromatic N) is 7. The molecule has 196 valence electrons. The third-order valence-electron chi connectivity index (χ3n) is 7.14. The van der Waals surface area contributed by atoms with Crippen LogP contribution in [-0.2, 0) is 13.1 Å². The molecule has 0 spiro atoms. The van der Waals surface area contributed by atoms with E-state index in [1.807, 2.05) is 66.1 Å². The predicted molar refractivity (Wildman–Crippen MR) is 153 cm³/mol. The van der Waals surface area contributed by atoms with Gasteiger partial charge in [0.05, 0.1) is 23.4 Å². The standard InChI is InChI=1S/C30H30N8O/c1-3-4-17-37-28-26(34-30(37)36-16-10-13-22(31)18-36)20(2)35-38(29(28)39)19-25-32-24-15-9-8-14-23(24)27(33-25)21-11-6-5-7-12-21/h5-9,11-12,14-15,22H,10,13,16-19,31H2,1-2H3/t22-/m1/s1. The minimum absolute atomic E-state index is 0.0732. The zero-order chi connectivity index (χ0) is 26.9. The molecule has 0 aliphatic carbocycles. The van der Waals surface area contributed by atoms with Crippen LogP contribution in [0.25, 0.3) is 33.2 Å². The Morgan fingerprint density at radius 3 is 2.64 bits per heavy atom. The highest BCUT2D eigenvalue weighted by Crippen LogP contribution is 2.27. The van der Waals surface area contributed by atoms with Crippen LogP contribution >= 0.6 is 0 Å². The number of hydrogen-bond acceptors (Lipinski definition) is 7. The average molecular weight is 519 g/mol. The summed E-state index contributed by atoms with van der Waals surface area (Å²) < 4.78 is 3.36. The fourth-order valence-electron chi connectivity index (χ4n) is 5.30. The number of hydrogen-bond donors (Lipinski definition) is 1. The molecule has 1 saturated heterocycles. The predicted octanol–water partition coefficient (Wildman–Crippen LogP) is 3.51. The van der Waals surface area contributed by atoms with Crippen LogP contribution in [0.4, 0.5) is 5.95 Å². The van der Waals surface area contributed by atoms with Crippen LogP contribution in [0.2, 0.25) is 0 Å². The van der Waals surface area contributed by atoms with Crippen LogP contribution in [0.1, 0.15) is 31.3 Å². The van der Waals surface area contributed by atoms with Crippen molar-refractivity contribution < 1.29 is 0 Å². The van der Waals surface area contributed by atoms with Gasteiger partial charge in [-0.05, 0) is 32.8 Å². The number of anilines is 1. The molecule has 0 unspecified atom stereocenters. The van der Waals surface area contributed by atoms with Gasteiger partial charge in [0.1, 0.15) is 17.6 Å². The summed E-state index contributed by atoms with van der Waals surface area (Å²) in [6.07, 6.45) is 1.96. The number of benzene rings is 2. The summed E-state index contributed by atoms with van der Waals surface area (Å²) in [7, 11) is 0. The molecule has 0 bridgehead atoms. The van der Waals surface area contributed by atoms with Gasteiger partial charge >= 0.3 is 0 Å². The van der Waals surface area contributed by atoms with Gasteiger partial charge in [0.25, 0.3) is 5.56 Å². The molecular weight excluding hydrogens is 488 g/mol. The lowest BCUT2D eigenvalue weighted by Crippen LogP contribution is -2.44. The molecule has 9 heteroatoms. The van der Waals surface area contributed by atoms with Crippen LogP contribution in [0, 0.1) is 18.8 Å². The lowest BCUT2D eigenvalue weighted by atomic mass is 10.1. The number of para-hydroxylation sites is 1. The number of rotatable bonds is 5. The van der Waals surface area contributed by atoms with Crippen LogP contribution < -0.4 is 16.2 Å². The highest BCUT2D eigenvalue weighted by atomic mass is 16.1. The number of imidazole rings is 1. The summed E-state index contributed by atoms with van der Waals surface area (Å²) in [4.78, 5) is 30.7. The highest BCUT2D eigenvalue weighted by Gasteiger charge is 2.25. The van der Waals surface area contributed by atoms with Crippen LogP contribution in [0.5, 0.6) is 0 Å². The van der Waals surface area contributed by atoms with Crippen molar-refractivity contribution in [3.8, 4) is 23.1 Å². The number of piperidine rings is 1. The second-order valence-corrected chi connectivity index (χ2v) is 9.89. The third-order valence-corrected chi connectivity index (χ3v) is 7.14. The van der Waals surface area contributed by atoms with Crippen molar-refractivity contribution in [2.45, 2.75) is 45.8 Å². The van der Waals surface area contributed by atoms with E-state index >= 15 is 0 Å². The third kappa shape index (κ3) is 4.64. The summed E-state index contributed by atoms with van der Waals surface area (Å²) in [6, 6.07) is 18.0. The van der Waals surface area contributed by atoms with E-state index in [0.717, 1.165) is 47.5 Å². The van der Waals surface area contributed by atoms with Crippen molar-refractivity contribution in [3.05, 3.63) is 76.5 Å². The largest absolute Gasteiger partial charge is 0.341 e. The Balaban J connectivity index is 1.49. The monoisotopic (exact) mass is 518 g/mol. The molecule has 1 fully saturated rings. The van der Waals surface area contributed by atoms with E-state index in [0.29, 0.717) is 35.6 Å². The molecule has 3 aromatic heterocycles. The van der Waals surface area contributed by atoms with Crippen molar-refractivity contribution in [3.63, 3.8) is 0 Å². The lowest BCUT2D eigenvalue weighted by Gasteiger charge is -2.31. The van der Waals surface area contributed by atoms with E-state index in [9.17, 15) is 4.79 Å². The molecule has 1 atom stereocenters. The van der Waals surface area contributed by atoms with Crippen molar-refractivity contribution in [2.75, 3.05) is 18.0 Å². The fourth-order valence-corrected chi connectivity index (χ4v) is 5.30. The van der Waals surface area contributed by atoms with E-state index in [4.69, 9.17) is 20.7 Å². The molecular formula is C30H30N8O. The van der Waals surface area contributed by atoms with Crippen LogP contribution in [0.3, 0.4) is 0 Å². The minimum Gasteiger partial charge on any atom is -0.341 e. The molecule has 0 saturated carbocycles. The van der Waals surface area contributed by atoms with Crippen molar-refractivity contribution in [2.24, 2.45) is 5.73 Å². The van der Waals surface area contributed by atoms with Gasteiger partial charge in [0, 0.05) is 30.1 Å². The highest BCUT2D eigenvalue weighted by molar-refractivity contribution is 5.92. The zero-order valence-electron chi connectivity index (χ0n) is 22.1. The molecule has 0 radical (unpaired) electrons. The number of nitrogens with two attached hydrogens (primary N) is 1. The fraction of sp³-hybridized carbons (Fsp3) is 0.300. The number of aromatic nitrogens is 6. The first-order chi connectivity index (χ1) is 19.0. The Hall–Kier alpha value is -4.55. The van der Waals surface area contributed by atoms with Crippen molar-refractivity contribution in [1.82, 2.24) is 29.3 Å². The Bertz CT molecular complexity index is 1800. The van der Waals surface area contributed by atoms with Gasteiger partial charge < -0.3 is 10.6 Å². The molecule has 4 heterocycles. The van der Waals surface area contributed by atoms with Gasteiger partial charge in [-0.2, -0.15) is 5.10 Å². The van der Waals surface area contributed by atoms with E-state index in [-0.39, 0.29) is 18.1 Å². The van der Waals surface area contributed by atoms with E-state index < -0.39 is 0 Å². The average Bonchev–Trinajstić information content (AvgIpc) is 3.35. The molecule has 1 aliphatic rings. The quantitative estimate of drug-likeness (QED) is 0.355. The summed E-state index contributed by atoms with van der Waals surface area (Å²) >= 11 is 0. The molecule has 0 amide bonds. The molecule has 5 aromatic rings. The smallest absolute Gasteiger partial charge is 0.293 e.